The third kappa shape index (κ3) is 4.02. The molecule has 2 N–H and O–H groups in total. The molecule has 2 aromatic carbocycles. The van der Waals surface area contributed by atoms with Gasteiger partial charge in [0.1, 0.15) is 5.75 Å². The molecule has 2 heterocycles. The van der Waals surface area contributed by atoms with Gasteiger partial charge in [-0.3, -0.25) is 15.0 Å². The summed E-state index contributed by atoms with van der Waals surface area (Å²) in [5.41, 5.74) is 10.4. The lowest BCUT2D eigenvalue weighted by Gasteiger charge is -2.28. The quantitative estimate of drug-likeness (QED) is 0.404. The van der Waals surface area contributed by atoms with Gasteiger partial charge in [0.15, 0.2) is 5.82 Å². The van der Waals surface area contributed by atoms with Crippen molar-refractivity contribution in [3.05, 3.63) is 75.6 Å². The molecule has 0 amide bonds. The molecule has 29 heavy (non-hydrogen) atoms. The number of anilines is 1. The second-order valence-corrected chi connectivity index (χ2v) is 7.00. The van der Waals surface area contributed by atoms with E-state index >= 15 is 0 Å². The molecule has 0 fully saturated rings. The second kappa shape index (κ2) is 7.84. The Labute approximate surface area is 168 Å². The van der Waals surface area contributed by atoms with E-state index in [-0.39, 0.29) is 10.6 Å². The first kappa shape index (κ1) is 18.8. The van der Waals surface area contributed by atoms with Crippen molar-refractivity contribution >= 4 is 11.4 Å². The molecule has 0 spiro atoms. The first-order valence-electron chi connectivity index (χ1n) is 9.28. The van der Waals surface area contributed by atoms with E-state index in [0.717, 1.165) is 35.3 Å². The van der Waals surface area contributed by atoms with Crippen molar-refractivity contribution in [2.75, 3.05) is 19.4 Å². The smallest absolute Gasteiger partial charge is 0.270 e. The topological polar surface area (TPSA) is 107 Å². The highest BCUT2D eigenvalue weighted by Crippen LogP contribution is 2.28. The average molecular weight is 391 g/mol. The van der Waals surface area contributed by atoms with Gasteiger partial charge in [0.2, 0.25) is 0 Å². The summed E-state index contributed by atoms with van der Waals surface area (Å²) in [7, 11) is 1.57. The fourth-order valence-corrected chi connectivity index (χ4v) is 3.52. The molecule has 0 bridgehead atoms. The zero-order valence-corrected chi connectivity index (χ0v) is 16.0. The van der Waals surface area contributed by atoms with Crippen LogP contribution in [0, 0.1) is 10.1 Å². The first-order chi connectivity index (χ1) is 14.0. The van der Waals surface area contributed by atoms with Crippen LogP contribution in [0.15, 0.2) is 48.7 Å². The molecule has 148 valence electrons. The van der Waals surface area contributed by atoms with Gasteiger partial charge in [-0.1, -0.05) is 0 Å². The minimum absolute atomic E-state index is 0.0645. The highest BCUT2D eigenvalue weighted by Gasteiger charge is 2.21. The van der Waals surface area contributed by atoms with Crippen LogP contribution in [0.4, 0.5) is 11.4 Å². The van der Waals surface area contributed by atoms with Crippen molar-refractivity contribution in [2.45, 2.75) is 19.5 Å². The number of hydrogen-bond acceptors (Lipinski definition) is 7. The normalized spacial score (nSPS) is 13.7. The molecule has 1 aliphatic heterocycles. The molecule has 0 saturated carbocycles. The van der Waals surface area contributed by atoms with Crippen LogP contribution in [0.5, 0.6) is 5.75 Å². The van der Waals surface area contributed by atoms with Crippen molar-refractivity contribution < 1.29 is 9.66 Å². The number of non-ortho nitro benzene ring substituents is 1. The number of nitrogens with two attached hydrogens (primary N) is 1. The standard InChI is InChI=1S/C21H21N5O3/c1-29-20-7-6-18(26(27)28)10-15(20)12-25-9-8-19-16(13-25)11-23-21(24-19)14-2-4-17(22)5-3-14/h2-7,10-11H,8-9,12-13,22H2,1H3. The third-order valence-electron chi connectivity index (χ3n) is 5.05. The summed E-state index contributed by atoms with van der Waals surface area (Å²) in [6.07, 6.45) is 2.65. The Morgan fingerprint density at radius 2 is 2.03 bits per heavy atom. The molecule has 0 radical (unpaired) electrons. The SMILES string of the molecule is COc1ccc([N+](=O)[O-])cc1CN1CCc2nc(-c3ccc(N)cc3)ncc2C1. The number of nitrogens with zero attached hydrogens (tertiary/aromatic N) is 4. The lowest BCUT2D eigenvalue weighted by atomic mass is 10.0. The highest BCUT2D eigenvalue weighted by atomic mass is 16.6. The predicted octanol–water partition coefficient (Wildman–Crippen LogP) is 3.20. The minimum atomic E-state index is -0.388. The molecule has 0 saturated heterocycles. The van der Waals surface area contributed by atoms with Crippen molar-refractivity contribution in [2.24, 2.45) is 0 Å². The fourth-order valence-electron chi connectivity index (χ4n) is 3.52. The van der Waals surface area contributed by atoms with Crippen LogP contribution in [0.2, 0.25) is 0 Å². The Bertz CT molecular complexity index is 1050. The number of nitrogen functional groups attached to an aromatic ring is 1. The van der Waals surface area contributed by atoms with E-state index in [1.54, 1.807) is 19.2 Å². The number of benzene rings is 2. The Morgan fingerprint density at radius 1 is 1.24 bits per heavy atom. The van der Waals surface area contributed by atoms with E-state index in [2.05, 4.69) is 9.88 Å². The largest absolute Gasteiger partial charge is 0.496 e. The maximum Gasteiger partial charge on any atom is 0.270 e. The van der Waals surface area contributed by atoms with E-state index in [0.29, 0.717) is 30.4 Å². The first-order valence-corrected chi connectivity index (χ1v) is 9.28. The maximum absolute atomic E-state index is 11.1. The van der Waals surface area contributed by atoms with Crippen LogP contribution in [0.1, 0.15) is 16.8 Å². The van der Waals surface area contributed by atoms with Crippen LogP contribution >= 0.6 is 0 Å². The van der Waals surface area contributed by atoms with Gasteiger partial charge in [0.25, 0.3) is 5.69 Å². The number of methoxy groups -OCH3 is 1. The molecule has 0 aliphatic carbocycles. The Morgan fingerprint density at radius 3 is 2.76 bits per heavy atom. The van der Waals surface area contributed by atoms with Gasteiger partial charge >= 0.3 is 0 Å². The number of fused-ring (bicyclic) bond motifs is 1. The number of rotatable bonds is 5. The second-order valence-electron chi connectivity index (χ2n) is 7.00. The van der Waals surface area contributed by atoms with Gasteiger partial charge in [0.05, 0.1) is 17.7 Å². The van der Waals surface area contributed by atoms with Crippen LogP contribution in [-0.4, -0.2) is 33.4 Å². The van der Waals surface area contributed by atoms with Crippen LogP contribution in [0.3, 0.4) is 0 Å². The number of aromatic nitrogens is 2. The molecule has 0 unspecified atom stereocenters. The van der Waals surface area contributed by atoms with E-state index in [1.807, 2.05) is 30.5 Å². The molecule has 3 aromatic rings. The van der Waals surface area contributed by atoms with Crippen molar-refractivity contribution in [1.29, 1.82) is 0 Å². The minimum Gasteiger partial charge on any atom is -0.496 e. The summed E-state index contributed by atoms with van der Waals surface area (Å²) in [4.78, 5) is 22.2. The summed E-state index contributed by atoms with van der Waals surface area (Å²) < 4.78 is 5.38. The predicted molar refractivity (Wildman–Crippen MR) is 109 cm³/mol. The van der Waals surface area contributed by atoms with E-state index in [9.17, 15) is 10.1 Å². The summed E-state index contributed by atoms with van der Waals surface area (Å²) in [5.74, 6) is 1.34. The van der Waals surface area contributed by atoms with E-state index in [1.165, 1.54) is 6.07 Å². The molecule has 1 aromatic heterocycles. The van der Waals surface area contributed by atoms with Crippen molar-refractivity contribution in [3.63, 3.8) is 0 Å². The van der Waals surface area contributed by atoms with E-state index in [4.69, 9.17) is 15.5 Å². The number of ether oxygens (including phenoxy) is 1. The molecule has 0 atom stereocenters. The zero-order chi connectivity index (χ0) is 20.4. The van der Waals surface area contributed by atoms with Crippen molar-refractivity contribution in [1.82, 2.24) is 14.9 Å². The summed E-state index contributed by atoms with van der Waals surface area (Å²) >= 11 is 0. The lowest BCUT2D eigenvalue weighted by Crippen LogP contribution is -2.31. The Kier molecular flexibility index (Phi) is 5.09. The fraction of sp³-hybridized carbons (Fsp3) is 0.238. The molecular formula is C21H21N5O3. The van der Waals surface area contributed by atoms with Gasteiger partial charge in [-0.25, -0.2) is 9.97 Å². The number of nitro benzene ring substituents is 1. The Hall–Kier alpha value is -3.52. The maximum atomic E-state index is 11.1. The monoisotopic (exact) mass is 391 g/mol. The average Bonchev–Trinajstić information content (AvgIpc) is 2.74. The Balaban J connectivity index is 1.53. The van der Waals surface area contributed by atoms with Crippen LogP contribution in [0.25, 0.3) is 11.4 Å². The molecule has 8 nitrogen and oxygen atoms in total. The zero-order valence-electron chi connectivity index (χ0n) is 16.0. The molecule has 8 heteroatoms. The molecule has 4 rings (SSSR count). The van der Waals surface area contributed by atoms with Gasteiger partial charge < -0.3 is 10.5 Å². The third-order valence-corrected chi connectivity index (χ3v) is 5.05. The highest BCUT2D eigenvalue weighted by molar-refractivity contribution is 5.58. The van der Waals surface area contributed by atoms with Gasteiger partial charge in [-0.15, -0.1) is 0 Å². The van der Waals surface area contributed by atoms with E-state index < -0.39 is 0 Å². The summed E-state index contributed by atoms with van der Waals surface area (Å²) in [6, 6.07) is 12.2. The van der Waals surface area contributed by atoms with Crippen LogP contribution < -0.4 is 10.5 Å². The summed E-state index contributed by atoms with van der Waals surface area (Å²) in [5, 5.41) is 11.1. The summed E-state index contributed by atoms with van der Waals surface area (Å²) in [6.45, 7) is 2.05. The van der Waals surface area contributed by atoms with Gasteiger partial charge in [-0.05, 0) is 30.3 Å². The molecule has 1 aliphatic rings. The lowest BCUT2D eigenvalue weighted by molar-refractivity contribution is -0.385. The van der Waals surface area contributed by atoms with Gasteiger partial charge in [0, 0.05) is 66.8 Å². The van der Waals surface area contributed by atoms with Gasteiger partial charge in [-0.2, -0.15) is 0 Å². The van der Waals surface area contributed by atoms with Crippen molar-refractivity contribution in [3.8, 4) is 17.1 Å². The van der Waals surface area contributed by atoms with Crippen LogP contribution in [-0.2, 0) is 19.5 Å². The molecular weight excluding hydrogens is 370 g/mol. The number of nitro groups is 1. The number of hydrogen-bond donors (Lipinski definition) is 1.